The second-order valence-electron chi connectivity index (χ2n) is 5.37. The van der Waals surface area contributed by atoms with Gasteiger partial charge in [0.25, 0.3) is 0 Å². The maximum Gasteiger partial charge on any atom is 0.229 e. The molecule has 1 aliphatic heterocycles. The third-order valence-electron chi connectivity index (χ3n) is 3.37. The van der Waals surface area contributed by atoms with Gasteiger partial charge in [-0.3, -0.25) is 4.72 Å². The van der Waals surface area contributed by atoms with Crippen LogP contribution < -0.4 is 10.0 Å². The smallest absolute Gasteiger partial charge is 0.229 e. The first-order valence-electron chi connectivity index (χ1n) is 6.84. The molecular weight excluding hydrogens is 276 g/mol. The van der Waals surface area contributed by atoms with Crippen molar-refractivity contribution >= 4 is 21.4 Å². The van der Waals surface area contributed by atoms with E-state index in [1.54, 1.807) is 6.07 Å². The van der Waals surface area contributed by atoms with Gasteiger partial charge in [0.05, 0.1) is 18.6 Å². The van der Waals surface area contributed by atoms with Crippen molar-refractivity contribution in [3.05, 3.63) is 23.8 Å². The molecule has 2 N–H and O–H groups in total. The quantitative estimate of drug-likeness (QED) is 0.874. The van der Waals surface area contributed by atoms with Crippen LogP contribution in [0, 0.1) is 12.8 Å². The summed E-state index contributed by atoms with van der Waals surface area (Å²) in [5, 5.41) is 3.39. The normalized spacial score (nSPS) is 19.6. The van der Waals surface area contributed by atoms with Gasteiger partial charge in [-0.1, -0.05) is 0 Å². The Bertz CT molecular complexity index is 552. The van der Waals surface area contributed by atoms with Gasteiger partial charge in [0, 0.05) is 18.8 Å². The molecule has 1 fully saturated rings. The van der Waals surface area contributed by atoms with E-state index in [1.165, 1.54) is 6.42 Å². The van der Waals surface area contributed by atoms with Crippen molar-refractivity contribution in [1.82, 2.24) is 0 Å². The second kappa shape index (κ2) is 6.45. The molecule has 1 aromatic rings. The van der Waals surface area contributed by atoms with Gasteiger partial charge in [-0.2, -0.15) is 0 Å². The average molecular weight is 298 g/mol. The van der Waals surface area contributed by atoms with Crippen molar-refractivity contribution in [2.75, 3.05) is 36.1 Å². The predicted octanol–water partition coefficient (Wildman–Crippen LogP) is 2.21. The molecule has 0 spiro atoms. The number of nitrogens with one attached hydrogen (secondary N) is 2. The lowest BCUT2D eigenvalue weighted by molar-refractivity contribution is 0.0595. The van der Waals surface area contributed by atoms with Crippen LogP contribution in [0.1, 0.15) is 18.4 Å². The molecule has 20 heavy (non-hydrogen) atoms. The summed E-state index contributed by atoms with van der Waals surface area (Å²) < 4.78 is 30.4. The molecule has 1 aliphatic rings. The zero-order valence-electron chi connectivity index (χ0n) is 12.0. The van der Waals surface area contributed by atoms with Crippen LogP contribution in [0.15, 0.2) is 18.2 Å². The molecule has 0 amide bonds. The van der Waals surface area contributed by atoms with Crippen LogP contribution in [-0.4, -0.2) is 34.4 Å². The Hall–Kier alpha value is -1.27. The van der Waals surface area contributed by atoms with E-state index in [9.17, 15) is 8.42 Å². The summed E-state index contributed by atoms with van der Waals surface area (Å²) >= 11 is 0. The standard InChI is InChI=1S/C14H22N2O3S/c1-11-8-13(5-6-14(11)16-20(2,17)18)15-9-12-4-3-7-19-10-12/h5-6,8,12,15-16H,3-4,7,9-10H2,1-2H3. The molecule has 0 bridgehead atoms. The number of benzene rings is 1. The lowest BCUT2D eigenvalue weighted by atomic mass is 10.0. The van der Waals surface area contributed by atoms with E-state index in [4.69, 9.17) is 4.74 Å². The molecule has 5 nitrogen and oxygen atoms in total. The second-order valence-corrected chi connectivity index (χ2v) is 7.12. The zero-order chi connectivity index (χ0) is 14.6. The fourth-order valence-electron chi connectivity index (χ4n) is 2.32. The fraction of sp³-hybridized carbons (Fsp3) is 0.571. The van der Waals surface area contributed by atoms with Crippen molar-refractivity contribution in [3.8, 4) is 0 Å². The minimum atomic E-state index is -3.23. The van der Waals surface area contributed by atoms with Crippen LogP contribution in [0.25, 0.3) is 0 Å². The molecular formula is C14H22N2O3S. The van der Waals surface area contributed by atoms with Gasteiger partial charge in [-0.25, -0.2) is 8.42 Å². The minimum absolute atomic E-state index is 0.554. The molecule has 1 heterocycles. The Morgan fingerprint density at radius 1 is 1.40 bits per heavy atom. The van der Waals surface area contributed by atoms with Gasteiger partial charge in [-0.15, -0.1) is 0 Å². The molecule has 1 saturated heterocycles. The Balaban J connectivity index is 1.94. The molecule has 1 atom stereocenters. The van der Waals surface area contributed by atoms with Gasteiger partial charge >= 0.3 is 0 Å². The maximum atomic E-state index is 11.2. The highest BCUT2D eigenvalue weighted by molar-refractivity contribution is 7.92. The highest BCUT2D eigenvalue weighted by Crippen LogP contribution is 2.21. The first-order chi connectivity index (χ1) is 9.44. The summed E-state index contributed by atoms with van der Waals surface area (Å²) in [5.74, 6) is 0.554. The zero-order valence-corrected chi connectivity index (χ0v) is 12.8. The number of aryl methyl sites for hydroxylation is 1. The lowest BCUT2D eigenvalue weighted by Gasteiger charge is -2.23. The van der Waals surface area contributed by atoms with E-state index in [-0.39, 0.29) is 0 Å². The summed E-state index contributed by atoms with van der Waals surface area (Å²) in [4.78, 5) is 0. The number of ether oxygens (including phenoxy) is 1. The number of hydrogen-bond donors (Lipinski definition) is 2. The number of sulfonamides is 1. The molecule has 112 valence electrons. The van der Waals surface area contributed by atoms with E-state index in [0.29, 0.717) is 11.6 Å². The van der Waals surface area contributed by atoms with Crippen LogP contribution >= 0.6 is 0 Å². The van der Waals surface area contributed by atoms with Crippen LogP contribution in [-0.2, 0) is 14.8 Å². The van der Waals surface area contributed by atoms with Crippen LogP contribution in [0.3, 0.4) is 0 Å². The number of anilines is 2. The van der Waals surface area contributed by atoms with Gasteiger partial charge in [0.15, 0.2) is 0 Å². The Morgan fingerprint density at radius 3 is 2.80 bits per heavy atom. The largest absolute Gasteiger partial charge is 0.385 e. The summed E-state index contributed by atoms with van der Waals surface area (Å²) in [6, 6.07) is 5.64. The summed E-state index contributed by atoms with van der Waals surface area (Å²) in [5.41, 5.74) is 2.53. The van der Waals surface area contributed by atoms with E-state index in [1.807, 2.05) is 19.1 Å². The maximum absolute atomic E-state index is 11.2. The van der Waals surface area contributed by atoms with Gasteiger partial charge < -0.3 is 10.1 Å². The minimum Gasteiger partial charge on any atom is -0.385 e. The first kappa shape index (κ1) is 15.1. The average Bonchev–Trinajstić information content (AvgIpc) is 2.39. The third-order valence-corrected chi connectivity index (χ3v) is 3.96. The SMILES string of the molecule is Cc1cc(NCC2CCCOC2)ccc1NS(C)(=O)=O. The monoisotopic (exact) mass is 298 g/mol. The van der Waals surface area contributed by atoms with Crippen molar-refractivity contribution in [3.63, 3.8) is 0 Å². The topological polar surface area (TPSA) is 67.4 Å². The molecule has 0 saturated carbocycles. The van der Waals surface area contributed by atoms with Crippen molar-refractivity contribution in [2.24, 2.45) is 5.92 Å². The van der Waals surface area contributed by atoms with Crippen molar-refractivity contribution < 1.29 is 13.2 Å². The molecule has 1 unspecified atom stereocenters. The summed E-state index contributed by atoms with van der Waals surface area (Å²) in [6.45, 7) is 4.47. The Morgan fingerprint density at radius 2 is 2.20 bits per heavy atom. The van der Waals surface area contributed by atoms with Crippen LogP contribution in [0.4, 0.5) is 11.4 Å². The van der Waals surface area contributed by atoms with Gasteiger partial charge in [-0.05, 0) is 49.4 Å². The lowest BCUT2D eigenvalue weighted by Crippen LogP contribution is -2.24. The van der Waals surface area contributed by atoms with Crippen molar-refractivity contribution in [1.29, 1.82) is 0 Å². The molecule has 0 radical (unpaired) electrons. The summed E-state index contributed by atoms with van der Waals surface area (Å²) in [6.07, 6.45) is 3.48. The van der Waals surface area contributed by atoms with Crippen LogP contribution in [0.5, 0.6) is 0 Å². The molecule has 6 heteroatoms. The van der Waals surface area contributed by atoms with Gasteiger partial charge in [0.2, 0.25) is 10.0 Å². The third kappa shape index (κ3) is 4.68. The van der Waals surface area contributed by atoms with E-state index in [0.717, 1.165) is 43.7 Å². The van der Waals surface area contributed by atoms with E-state index in [2.05, 4.69) is 10.0 Å². The van der Waals surface area contributed by atoms with E-state index >= 15 is 0 Å². The fourth-order valence-corrected chi connectivity index (χ4v) is 2.95. The van der Waals surface area contributed by atoms with E-state index < -0.39 is 10.0 Å². The first-order valence-corrected chi connectivity index (χ1v) is 8.73. The Labute approximate surface area is 120 Å². The molecule has 1 aromatic carbocycles. The summed E-state index contributed by atoms with van der Waals surface area (Å²) in [7, 11) is -3.23. The predicted molar refractivity (Wildman–Crippen MR) is 81.7 cm³/mol. The van der Waals surface area contributed by atoms with Crippen LogP contribution in [0.2, 0.25) is 0 Å². The number of hydrogen-bond acceptors (Lipinski definition) is 4. The highest BCUT2D eigenvalue weighted by atomic mass is 32.2. The van der Waals surface area contributed by atoms with Crippen molar-refractivity contribution in [2.45, 2.75) is 19.8 Å². The molecule has 2 rings (SSSR count). The molecule has 0 aliphatic carbocycles. The molecule has 0 aromatic heterocycles. The highest BCUT2D eigenvalue weighted by Gasteiger charge is 2.13. The van der Waals surface area contributed by atoms with Gasteiger partial charge in [0.1, 0.15) is 0 Å². The Kier molecular flexibility index (Phi) is 4.88. The number of rotatable bonds is 5.